The molecule has 0 saturated carbocycles. The predicted molar refractivity (Wildman–Crippen MR) is 158 cm³/mol. The smallest absolute Gasteiger partial charge is 0.416 e. The van der Waals surface area contributed by atoms with Gasteiger partial charge in [-0.3, -0.25) is 4.79 Å². The summed E-state index contributed by atoms with van der Waals surface area (Å²) in [6, 6.07) is 12.1. The minimum Gasteiger partial charge on any atom is -0.508 e. The minimum atomic E-state index is -4.48. The van der Waals surface area contributed by atoms with E-state index < -0.39 is 36.3 Å². The van der Waals surface area contributed by atoms with Crippen molar-refractivity contribution in [3.05, 3.63) is 88.6 Å². The standard InChI is InChI=1S/C30H28F3IN2O6/c31-30(32,33)21-3-1-2-19(13-21)20-6-9-26-24(14-20)25(29(40)42-11-10-37)15-27(36-26)28(39)35-22(16-41-17-34)12-18-4-7-23(38)8-5-18/h3-9,13-15,22,37-38H,1-2,10-12,16-17H2,(H,35,39)/t22-/m0/s1. The van der Waals surface area contributed by atoms with E-state index in [1.165, 1.54) is 6.07 Å². The molecule has 12 heteroatoms. The molecule has 3 N–H and O–H groups in total. The van der Waals surface area contributed by atoms with Crippen LogP contribution in [0, 0.1) is 0 Å². The topological polar surface area (TPSA) is 118 Å². The molecule has 2 aromatic carbocycles. The lowest BCUT2D eigenvalue weighted by molar-refractivity contribution is -0.0885. The fourth-order valence-corrected chi connectivity index (χ4v) is 4.82. The molecule has 0 saturated heterocycles. The Bertz CT molecular complexity index is 1510. The number of hydrogen-bond acceptors (Lipinski definition) is 7. The SMILES string of the molecule is O=C(N[C@H](COCI)Cc1ccc(O)cc1)c1cc(C(=O)OCCO)c2cc(C3=CC(C(F)(F)F)=CCC3)ccc2n1. The zero-order chi connectivity index (χ0) is 30.3. The second-order valence-corrected chi connectivity index (χ2v) is 10.2. The van der Waals surface area contributed by atoms with Crippen LogP contribution in [0.3, 0.4) is 0 Å². The Balaban J connectivity index is 1.68. The van der Waals surface area contributed by atoms with Gasteiger partial charge in [0.25, 0.3) is 5.91 Å². The molecular weight excluding hydrogens is 668 g/mol. The average molecular weight is 696 g/mol. The Morgan fingerprint density at radius 1 is 1.12 bits per heavy atom. The quantitative estimate of drug-likeness (QED) is 0.138. The van der Waals surface area contributed by atoms with E-state index in [0.29, 0.717) is 34.0 Å². The lowest BCUT2D eigenvalue weighted by Crippen LogP contribution is -2.40. The number of nitrogens with one attached hydrogen (secondary N) is 1. The molecule has 1 heterocycles. The van der Waals surface area contributed by atoms with E-state index in [1.807, 2.05) is 22.6 Å². The Morgan fingerprint density at radius 3 is 2.57 bits per heavy atom. The molecule has 0 radical (unpaired) electrons. The van der Waals surface area contributed by atoms with Crippen molar-refractivity contribution in [3.8, 4) is 5.75 Å². The number of phenolic OH excluding ortho intramolecular Hbond substituents is 1. The molecule has 0 spiro atoms. The summed E-state index contributed by atoms with van der Waals surface area (Å²) in [5.74, 6) is -1.28. The van der Waals surface area contributed by atoms with Crippen LogP contribution in [-0.2, 0) is 15.9 Å². The van der Waals surface area contributed by atoms with Crippen LogP contribution in [0.4, 0.5) is 13.2 Å². The second-order valence-electron chi connectivity index (χ2n) is 9.53. The van der Waals surface area contributed by atoms with Gasteiger partial charge < -0.3 is 25.0 Å². The van der Waals surface area contributed by atoms with Crippen LogP contribution >= 0.6 is 22.6 Å². The minimum absolute atomic E-state index is 0.0120. The molecule has 1 amide bonds. The molecule has 0 fully saturated rings. The summed E-state index contributed by atoms with van der Waals surface area (Å²) >= 11 is 2.04. The van der Waals surface area contributed by atoms with Gasteiger partial charge >= 0.3 is 12.1 Å². The van der Waals surface area contributed by atoms with Crippen molar-refractivity contribution < 1.29 is 42.4 Å². The van der Waals surface area contributed by atoms with Gasteiger partial charge in [0.1, 0.15) is 18.1 Å². The summed E-state index contributed by atoms with van der Waals surface area (Å²) in [6.07, 6.45) is -1.24. The summed E-state index contributed by atoms with van der Waals surface area (Å²) in [4.78, 5) is 30.8. The summed E-state index contributed by atoms with van der Waals surface area (Å²) in [7, 11) is 0. The number of alkyl halides is 4. The Labute approximate surface area is 253 Å². The van der Waals surface area contributed by atoms with Crippen molar-refractivity contribution >= 4 is 50.9 Å². The average Bonchev–Trinajstić information content (AvgIpc) is 2.98. The van der Waals surface area contributed by atoms with Crippen molar-refractivity contribution in [1.82, 2.24) is 10.3 Å². The molecule has 0 bridgehead atoms. The molecule has 3 aromatic rings. The monoisotopic (exact) mass is 696 g/mol. The van der Waals surface area contributed by atoms with Gasteiger partial charge in [0.2, 0.25) is 0 Å². The number of carbonyl (C=O) groups excluding carboxylic acids is 2. The zero-order valence-electron chi connectivity index (χ0n) is 22.3. The number of benzene rings is 2. The third kappa shape index (κ3) is 8.07. The number of aromatic hydroxyl groups is 1. The van der Waals surface area contributed by atoms with Gasteiger partial charge in [-0.1, -0.05) is 46.9 Å². The van der Waals surface area contributed by atoms with Crippen molar-refractivity contribution in [2.24, 2.45) is 0 Å². The molecule has 222 valence electrons. The van der Waals surface area contributed by atoms with Crippen LogP contribution in [0.1, 0.15) is 44.8 Å². The van der Waals surface area contributed by atoms with E-state index in [2.05, 4.69) is 10.3 Å². The van der Waals surface area contributed by atoms with Gasteiger partial charge in [-0.05, 0) is 72.4 Å². The number of allylic oxidation sites excluding steroid dienone is 4. The third-order valence-electron chi connectivity index (χ3n) is 6.54. The Kier molecular flexibility index (Phi) is 10.6. The molecule has 8 nitrogen and oxygen atoms in total. The summed E-state index contributed by atoms with van der Waals surface area (Å²) < 4.78 is 51.0. The maximum absolute atomic E-state index is 13.4. The van der Waals surface area contributed by atoms with Gasteiger partial charge in [-0.15, -0.1) is 0 Å². The number of aromatic nitrogens is 1. The number of aliphatic hydroxyl groups is 1. The number of carbonyl (C=O) groups is 2. The number of phenols is 1. The van der Waals surface area contributed by atoms with Crippen molar-refractivity contribution in [2.45, 2.75) is 31.5 Å². The van der Waals surface area contributed by atoms with Gasteiger partial charge in [0, 0.05) is 5.39 Å². The molecule has 1 aliphatic rings. The molecule has 1 aromatic heterocycles. The number of hydrogen-bond donors (Lipinski definition) is 3. The maximum atomic E-state index is 13.4. The van der Waals surface area contributed by atoms with Crippen molar-refractivity contribution in [2.75, 3.05) is 24.4 Å². The number of halogens is 4. The number of amides is 1. The fourth-order valence-electron chi connectivity index (χ4n) is 4.57. The van der Waals surface area contributed by atoms with E-state index in [0.717, 1.165) is 17.7 Å². The summed E-state index contributed by atoms with van der Waals surface area (Å²) in [6.45, 7) is -0.499. The van der Waals surface area contributed by atoms with Crippen LogP contribution in [0.25, 0.3) is 16.5 Å². The third-order valence-corrected chi connectivity index (χ3v) is 6.98. The molecule has 0 unspecified atom stereocenters. The number of pyridine rings is 1. The van der Waals surface area contributed by atoms with Crippen LogP contribution in [-0.4, -0.2) is 63.7 Å². The lowest BCUT2D eigenvalue weighted by atomic mass is 9.92. The highest BCUT2D eigenvalue weighted by Crippen LogP contribution is 2.36. The van der Waals surface area contributed by atoms with Crippen molar-refractivity contribution in [3.63, 3.8) is 0 Å². The van der Waals surface area contributed by atoms with Gasteiger partial charge in [-0.25, -0.2) is 9.78 Å². The molecule has 1 atom stereocenters. The molecule has 0 aliphatic heterocycles. The lowest BCUT2D eigenvalue weighted by Gasteiger charge is -2.19. The highest BCUT2D eigenvalue weighted by Gasteiger charge is 2.33. The van der Waals surface area contributed by atoms with Gasteiger partial charge in [-0.2, -0.15) is 13.2 Å². The first-order valence-electron chi connectivity index (χ1n) is 13.0. The summed E-state index contributed by atoms with van der Waals surface area (Å²) in [5, 5.41) is 21.9. The van der Waals surface area contributed by atoms with Crippen LogP contribution in [0.15, 0.2) is 66.3 Å². The van der Waals surface area contributed by atoms with Crippen LogP contribution in [0.5, 0.6) is 5.75 Å². The molecule has 4 rings (SSSR count). The summed E-state index contributed by atoms with van der Waals surface area (Å²) in [5.41, 5.74) is 1.24. The zero-order valence-corrected chi connectivity index (χ0v) is 24.4. The number of ether oxygens (including phenoxy) is 2. The highest BCUT2D eigenvalue weighted by atomic mass is 127. The van der Waals surface area contributed by atoms with Gasteiger partial charge in [0.05, 0.1) is 40.5 Å². The van der Waals surface area contributed by atoms with E-state index >= 15 is 0 Å². The molecule has 1 aliphatic carbocycles. The van der Waals surface area contributed by atoms with Crippen molar-refractivity contribution in [1.29, 1.82) is 0 Å². The van der Waals surface area contributed by atoms with Crippen LogP contribution in [0.2, 0.25) is 0 Å². The molecule has 42 heavy (non-hydrogen) atoms. The number of rotatable bonds is 11. The number of aliphatic hydroxyl groups excluding tert-OH is 1. The first-order valence-corrected chi connectivity index (χ1v) is 14.5. The normalized spacial score (nSPS) is 14.2. The number of esters is 1. The number of fused-ring (bicyclic) bond motifs is 1. The van der Waals surface area contributed by atoms with E-state index in [4.69, 9.17) is 14.6 Å². The predicted octanol–water partition coefficient (Wildman–Crippen LogP) is 5.51. The molecular formula is C30H28F3IN2O6. The fraction of sp³-hybridized carbons (Fsp3) is 0.300. The maximum Gasteiger partial charge on any atom is 0.416 e. The van der Waals surface area contributed by atoms with Crippen LogP contribution < -0.4 is 5.32 Å². The largest absolute Gasteiger partial charge is 0.508 e. The first kappa shape index (κ1) is 31.4. The Morgan fingerprint density at radius 2 is 1.88 bits per heavy atom. The van der Waals surface area contributed by atoms with E-state index in [1.54, 1.807) is 42.5 Å². The van der Waals surface area contributed by atoms with E-state index in [-0.39, 0.29) is 42.2 Å². The first-order chi connectivity index (χ1) is 20.1. The van der Waals surface area contributed by atoms with E-state index in [9.17, 15) is 27.9 Å². The number of nitrogens with zero attached hydrogens (tertiary/aromatic N) is 1. The second kappa shape index (κ2) is 14.1. The van der Waals surface area contributed by atoms with Gasteiger partial charge in [0.15, 0.2) is 0 Å². The highest BCUT2D eigenvalue weighted by molar-refractivity contribution is 14.1. The Hall–Kier alpha value is -3.49.